The molecule has 0 fully saturated rings. The third kappa shape index (κ3) is 4.53. The van der Waals surface area contributed by atoms with E-state index in [4.69, 9.17) is 14.2 Å². The van der Waals surface area contributed by atoms with Crippen LogP contribution in [0.4, 0.5) is 4.79 Å². The van der Waals surface area contributed by atoms with E-state index in [9.17, 15) is 14.4 Å². The maximum atomic E-state index is 12.5. The summed E-state index contributed by atoms with van der Waals surface area (Å²) in [6, 6.07) is 5.70. The van der Waals surface area contributed by atoms with Gasteiger partial charge >= 0.3 is 18.0 Å². The molecule has 0 spiro atoms. The first kappa shape index (κ1) is 19.3. The zero-order valence-electron chi connectivity index (χ0n) is 15.0. The van der Waals surface area contributed by atoms with Crippen molar-refractivity contribution in [3.05, 3.63) is 41.1 Å². The molecule has 0 aromatic heterocycles. The van der Waals surface area contributed by atoms with Gasteiger partial charge in [0.1, 0.15) is 12.4 Å². The van der Waals surface area contributed by atoms with Crippen LogP contribution in [-0.2, 0) is 19.1 Å². The Kier molecular flexibility index (Phi) is 6.60. The first-order valence-corrected chi connectivity index (χ1v) is 8.27. The number of hydrogen-bond acceptors (Lipinski definition) is 6. The van der Waals surface area contributed by atoms with E-state index < -0.39 is 24.0 Å². The van der Waals surface area contributed by atoms with Gasteiger partial charge in [0.2, 0.25) is 0 Å². The minimum absolute atomic E-state index is 0.174. The molecular formula is C18H22N2O6. The fourth-order valence-corrected chi connectivity index (χ4v) is 2.48. The quantitative estimate of drug-likeness (QED) is 0.717. The van der Waals surface area contributed by atoms with Gasteiger partial charge in [-0.05, 0) is 24.6 Å². The van der Waals surface area contributed by atoms with Crippen molar-refractivity contribution >= 4 is 18.0 Å². The number of urea groups is 1. The zero-order valence-corrected chi connectivity index (χ0v) is 15.0. The molecule has 1 aromatic rings. The van der Waals surface area contributed by atoms with Crippen LogP contribution in [0, 0.1) is 0 Å². The molecule has 1 aliphatic rings. The Labute approximate surface area is 151 Å². The third-order valence-electron chi connectivity index (χ3n) is 3.76. The largest absolute Gasteiger partial charge is 0.497 e. The molecular weight excluding hydrogens is 340 g/mol. The third-order valence-corrected chi connectivity index (χ3v) is 3.76. The second-order valence-corrected chi connectivity index (χ2v) is 5.43. The van der Waals surface area contributed by atoms with E-state index in [-0.39, 0.29) is 30.9 Å². The van der Waals surface area contributed by atoms with Gasteiger partial charge in [0, 0.05) is 6.42 Å². The van der Waals surface area contributed by atoms with E-state index >= 15 is 0 Å². The molecule has 2 rings (SSSR count). The molecule has 1 heterocycles. The second-order valence-electron chi connectivity index (χ2n) is 5.43. The van der Waals surface area contributed by atoms with Crippen LogP contribution in [0.2, 0.25) is 0 Å². The highest BCUT2D eigenvalue weighted by molar-refractivity contribution is 5.95. The molecule has 2 N–H and O–H groups in total. The average molecular weight is 362 g/mol. The van der Waals surface area contributed by atoms with E-state index in [0.717, 1.165) is 0 Å². The summed E-state index contributed by atoms with van der Waals surface area (Å²) in [4.78, 5) is 36.0. The molecule has 26 heavy (non-hydrogen) atoms. The highest BCUT2D eigenvalue weighted by Crippen LogP contribution is 2.29. The number of ether oxygens (including phenoxy) is 3. The van der Waals surface area contributed by atoms with E-state index in [1.54, 1.807) is 45.2 Å². The smallest absolute Gasteiger partial charge is 0.338 e. The van der Waals surface area contributed by atoms with Crippen molar-refractivity contribution in [2.75, 3.05) is 20.3 Å². The lowest BCUT2D eigenvalue weighted by atomic mass is 9.95. The molecule has 1 aromatic carbocycles. The number of nitrogens with one attached hydrogen (secondary N) is 2. The van der Waals surface area contributed by atoms with Crippen LogP contribution in [0.5, 0.6) is 5.75 Å². The fourth-order valence-electron chi connectivity index (χ4n) is 2.48. The van der Waals surface area contributed by atoms with Gasteiger partial charge in [-0.15, -0.1) is 0 Å². The van der Waals surface area contributed by atoms with Gasteiger partial charge in [-0.3, -0.25) is 4.79 Å². The zero-order chi connectivity index (χ0) is 19.1. The topological polar surface area (TPSA) is 103 Å². The van der Waals surface area contributed by atoms with Crippen LogP contribution in [-0.4, -0.2) is 38.3 Å². The summed E-state index contributed by atoms with van der Waals surface area (Å²) >= 11 is 0. The molecule has 0 saturated carbocycles. The van der Waals surface area contributed by atoms with Crippen LogP contribution in [0.3, 0.4) is 0 Å². The number of methoxy groups -OCH3 is 1. The van der Waals surface area contributed by atoms with Gasteiger partial charge in [-0.2, -0.15) is 0 Å². The molecule has 0 radical (unpaired) electrons. The summed E-state index contributed by atoms with van der Waals surface area (Å²) in [5, 5.41) is 5.24. The monoisotopic (exact) mass is 362 g/mol. The summed E-state index contributed by atoms with van der Waals surface area (Å²) in [5.41, 5.74) is 1.07. The summed E-state index contributed by atoms with van der Waals surface area (Å²) in [6.07, 6.45) is 0.191. The Hall–Kier alpha value is -3.03. The lowest BCUT2D eigenvalue weighted by Gasteiger charge is -2.29. The number of carbonyl (C=O) groups is 3. The van der Waals surface area contributed by atoms with E-state index in [1.807, 2.05) is 0 Å². The molecule has 8 heteroatoms. The minimum Gasteiger partial charge on any atom is -0.497 e. The number of rotatable bonds is 7. The first-order valence-electron chi connectivity index (χ1n) is 8.27. The predicted molar refractivity (Wildman–Crippen MR) is 92.3 cm³/mol. The molecule has 1 aliphatic heterocycles. The minimum atomic E-state index is -0.732. The average Bonchev–Trinajstić information content (AvgIpc) is 2.65. The van der Waals surface area contributed by atoms with E-state index in [2.05, 4.69) is 10.6 Å². The van der Waals surface area contributed by atoms with E-state index in [0.29, 0.717) is 11.3 Å². The molecule has 0 aliphatic carbocycles. The molecule has 140 valence electrons. The summed E-state index contributed by atoms with van der Waals surface area (Å²) in [7, 11) is 1.55. The van der Waals surface area contributed by atoms with Crippen LogP contribution < -0.4 is 15.4 Å². The number of benzene rings is 1. The molecule has 1 unspecified atom stereocenters. The lowest BCUT2D eigenvalue weighted by Crippen LogP contribution is -2.47. The van der Waals surface area contributed by atoms with E-state index in [1.165, 1.54) is 0 Å². The van der Waals surface area contributed by atoms with Crippen molar-refractivity contribution in [2.45, 2.75) is 26.3 Å². The van der Waals surface area contributed by atoms with Gasteiger partial charge in [0.25, 0.3) is 0 Å². The first-order chi connectivity index (χ1) is 12.5. The molecule has 2 amide bonds. The number of esters is 2. The Morgan fingerprint density at radius 1 is 1.12 bits per heavy atom. The summed E-state index contributed by atoms with van der Waals surface area (Å²) in [6.45, 7) is 3.30. The molecule has 0 bridgehead atoms. The Morgan fingerprint density at radius 3 is 2.38 bits per heavy atom. The summed E-state index contributed by atoms with van der Waals surface area (Å²) in [5.74, 6) is -0.384. The lowest BCUT2D eigenvalue weighted by molar-refractivity contribution is -0.143. The normalized spacial score (nSPS) is 16.4. The maximum absolute atomic E-state index is 12.5. The van der Waals surface area contributed by atoms with Crippen molar-refractivity contribution in [3.8, 4) is 5.75 Å². The highest BCUT2D eigenvalue weighted by Gasteiger charge is 2.34. The van der Waals surface area contributed by atoms with Crippen LogP contribution in [0.25, 0.3) is 0 Å². The summed E-state index contributed by atoms with van der Waals surface area (Å²) < 4.78 is 15.3. The van der Waals surface area contributed by atoms with Crippen molar-refractivity contribution < 1.29 is 28.6 Å². The predicted octanol–water partition coefficient (Wildman–Crippen LogP) is 1.82. The van der Waals surface area contributed by atoms with Gasteiger partial charge in [0.05, 0.1) is 31.0 Å². The van der Waals surface area contributed by atoms with Crippen molar-refractivity contribution in [1.29, 1.82) is 0 Å². The Morgan fingerprint density at radius 2 is 1.81 bits per heavy atom. The van der Waals surface area contributed by atoms with Gasteiger partial charge in [-0.25, -0.2) is 9.59 Å². The van der Waals surface area contributed by atoms with Crippen molar-refractivity contribution in [1.82, 2.24) is 10.6 Å². The van der Waals surface area contributed by atoms with Crippen LogP contribution >= 0.6 is 0 Å². The van der Waals surface area contributed by atoms with Crippen molar-refractivity contribution in [3.63, 3.8) is 0 Å². The number of carbonyl (C=O) groups excluding carboxylic acids is 3. The van der Waals surface area contributed by atoms with Gasteiger partial charge in [-0.1, -0.05) is 19.1 Å². The molecule has 1 atom stereocenters. The molecule has 0 saturated heterocycles. The van der Waals surface area contributed by atoms with Crippen LogP contribution in [0.1, 0.15) is 31.9 Å². The second kappa shape index (κ2) is 8.89. The fraction of sp³-hybridized carbons (Fsp3) is 0.389. The maximum Gasteiger partial charge on any atom is 0.338 e. The Bertz CT molecular complexity index is 711. The standard InChI is InChI=1S/C18H22N2O6/c1-4-14(21)26-10-13-15(17(22)25-5-2)16(20-18(23)19-13)11-6-8-12(24-3)9-7-11/h6-9,16H,4-5,10H2,1-3H3,(H2,19,20,23). The van der Waals surface area contributed by atoms with Crippen molar-refractivity contribution in [2.24, 2.45) is 0 Å². The van der Waals surface area contributed by atoms with Crippen LogP contribution in [0.15, 0.2) is 35.5 Å². The number of hydrogen-bond donors (Lipinski definition) is 2. The number of amides is 2. The SMILES string of the molecule is CCOC(=O)C1=C(COC(=O)CC)NC(=O)NC1c1ccc(OC)cc1. The molecule has 8 nitrogen and oxygen atoms in total. The van der Waals surface area contributed by atoms with Gasteiger partial charge < -0.3 is 24.8 Å². The van der Waals surface area contributed by atoms with Gasteiger partial charge in [0.15, 0.2) is 0 Å². The Balaban J connectivity index is 2.42. The highest BCUT2D eigenvalue weighted by atomic mass is 16.5.